The van der Waals surface area contributed by atoms with Crippen molar-refractivity contribution in [2.24, 2.45) is 11.8 Å². The first-order chi connectivity index (χ1) is 10.0. The quantitative estimate of drug-likeness (QED) is 0.872. The molecule has 0 saturated carbocycles. The number of amides is 1. The van der Waals surface area contributed by atoms with E-state index < -0.39 is 0 Å². The van der Waals surface area contributed by atoms with Crippen LogP contribution in [0.4, 0.5) is 0 Å². The molecule has 0 aliphatic carbocycles. The lowest BCUT2D eigenvalue weighted by molar-refractivity contribution is -0.130. The van der Waals surface area contributed by atoms with E-state index in [0.29, 0.717) is 11.8 Å². The number of nitrogens with zero attached hydrogens (tertiary/aromatic N) is 1. The Morgan fingerprint density at radius 1 is 1.19 bits per heavy atom. The van der Waals surface area contributed by atoms with Crippen LogP contribution in [0.1, 0.15) is 39.7 Å². The van der Waals surface area contributed by atoms with Gasteiger partial charge in [-0.1, -0.05) is 58.0 Å². The van der Waals surface area contributed by atoms with Crippen molar-refractivity contribution in [3.8, 4) is 0 Å². The van der Waals surface area contributed by atoms with Crippen LogP contribution in [0.2, 0.25) is 0 Å². The molecule has 1 aliphatic rings. The highest BCUT2D eigenvalue weighted by Gasteiger charge is 2.38. The molecule has 116 valence electrons. The third kappa shape index (κ3) is 3.85. The largest absolute Gasteiger partial charge is 0.326 e. The summed E-state index contributed by atoms with van der Waals surface area (Å²) in [5, 5.41) is 3.51. The summed E-state index contributed by atoms with van der Waals surface area (Å²) in [4.78, 5) is 14.8. The molecule has 1 saturated heterocycles. The van der Waals surface area contributed by atoms with Crippen molar-refractivity contribution in [1.82, 2.24) is 10.2 Å². The van der Waals surface area contributed by atoms with Crippen LogP contribution in [-0.2, 0) is 11.2 Å². The minimum absolute atomic E-state index is 0.0725. The van der Waals surface area contributed by atoms with Gasteiger partial charge >= 0.3 is 0 Å². The Labute approximate surface area is 128 Å². The van der Waals surface area contributed by atoms with Crippen molar-refractivity contribution in [3.63, 3.8) is 0 Å². The van der Waals surface area contributed by atoms with Crippen molar-refractivity contribution in [2.45, 2.75) is 52.7 Å². The highest BCUT2D eigenvalue weighted by molar-refractivity contribution is 5.84. The summed E-state index contributed by atoms with van der Waals surface area (Å²) < 4.78 is 0. The van der Waals surface area contributed by atoms with Crippen LogP contribution in [0.3, 0.4) is 0 Å². The number of carbonyl (C=O) groups excluding carboxylic acids is 1. The Balaban J connectivity index is 2.04. The fourth-order valence-corrected chi connectivity index (χ4v) is 2.82. The Morgan fingerprint density at radius 2 is 1.86 bits per heavy atom. The molecule has 1 N–H and O–H groups in total. The third-order valence-electron chi connectivity index (χ3n) is 4.64. The van der Waals surface area contributed by atoms with E-state index in [1.54, 1.807) is 0 Å². The highest BCUT2D eigenvalue weighted by atomic mass is 16.2. The Bertz CT molecular complexity index is 458. The minimum Gasteiger partial charge on any atom is -0.326 e. The second-order valence-electron chi connectivity index (χ2n) is 6.54. The second kappa shape index (κ2) is 7.08. The first kappa shape index (κ1) is 16.0. The normalized spacial score (nSPS) is 23.9. The molecule has 3 unspecified atom stereocenters. The molecule has 1 aromatic carbocycles. The SMILES string of the molecule is CCC1NC(Cc2ccccc2)C(=O)N1CC(C)C(C)C. The van der Waals surface area contributed by atoms with E-state index in [1.165, 1.54) is 5.56 Å². The van der Waals surface area contributed by atoms with Crippen molar-refractivity contribution >= 4 is 5.91 Å². The summed E-state index contributed by atoms with van der Waals surface area (Å²) in [6.07, 6.45) is 1.93. The van der Waals surface area contributed by atoms with Crippen LogP contribution in [-0.4, -0.2) is 29.6 Å². The number of carbonyl (C=O) groups is 1. The van der Waals surface area contributed by atoms with E-state index in [9.17, 15) is 4.79 Å². The standard InChI is InChI=1S/C18H28N2O/c1-5-17-19-16(11-15-9-7-6-8-10-15)18(21)20(17)12-14(4)13(2)3/h6-10,13-14,16-17,19H,5,11-12H2,1-4H3. The van der Waals surface area contributed by atoms with Crippen LogP contribution < -0.4 is 5.32 Å². The summed E-state index contributed by atoms with van der Waals surface area (Å²) in [7, 11) is 0. The van der Waals surface area contributed by atoms with Crippen LogP contribution in [0, 0.1) is 11.8 Å². The molecule has 1 aromatic rings. The summed E-state index contributed by atoms with van der Waals surface area (Å²) in [6, 6.07) is 10.2. The minimum atomic E-state index is -0.0725. The zero-order valence-corrected chi connectivity index (χ0v) is 13.7. The molecule has 0 bridgehead atoms. The molecular formula is C18H28N2O. The van der Waals surface area contributed by atoms with Gasteiger partial charge in [-0.05, 0) is 30.2 Å². The van der Waals surface area contributed by atoms with Crippen LogP contribution in [0.15, 0.2) is 30.3 Å². The molecule has 1 heterocycles. The second-order valence-corrected chi connectivity index (χ2v) is 6.54. The molecule has 0 spiro atoms. The predicted molar refractivity (Wildman–Crippen MR) is 86.9 cm³/mol. The van der Waals surface area contributed by atoms with E-state index in [1.807, 2.05) is 18.2 Å². The summed E-state index contributed by atoms with van der Waals surface area (Å²) in [5.41, 5.74) is 1.22. The van der Waals surface area contributed by atoms with E-state index in [0.717, 1.165) is 19.4 Å². The lowest BCUT2D eigenvalue weighted by Crippen LogP contribution is -2.40. The van der Waals surface area contributed by atoms with Gasteiger partial charge < -0.3 is 4.90 Å². The lowest BCUT2D eigenvalue weighted by Gasteiger charge is -2.28. The van der Waals surface area contributed by atoms with Gasteiger partial charge in [-0.15, -0.1) is 0 Å². The Morgan fingerprint density at radius 3 is 2.43 bits per heavy atom. The van der Waals surface area contributed by atoms with E-state index in [4.69, 9.17) is 0 Å². The third-order valence-corrected chi connectivity index (χ3v) is 4.64. The van der Waals surface area contributed by atoms with Gasteiger partial charge in [-0.25, -0.2) is 0 Å². The predicted octanol–water partition coefficient (Wildman–Crippen LogP) is 3.06. The molecule has 0 radical (unpaired) electrons. The summed E-state index contributed by atoms with van der Waals surface area (Å²) in [6.45, 7) is 9.67. The molecule has 3 atom stereocenters. The molecule has 2 rings (SSSR count). The number of hydrogen-bond donors (Lipinski definition) is 1. The van der Waals surface area contributed by atoms with Gasteiger partial charge in [0.05, 0.1) is 12.2 Å². The van der Waals surface area contributed by atoms with E-state index in [2.05, 4.69) is 50.0 Å². The average molecular weight is 288 g/mol. The maximum Gasteiger partial charge on any atom is 0.241 e. The molecule has 21 heavy (non-hydrogen) atoms. The molecule has 1 amide bonds. The molecule has 0 aromatic heterocycles. The lowest BCUT2D eigenvalue weighted by atomic mass is 9.97. The summed E-state index contributed by atoms with van der Waals surface area (Å²) >= 11 is 0. The molecule has 1 aliphatic heterocycles. The van der Waals surface area contributed by atoms with Crippen LogP contribution >= 0.6 is 0 Å². The first-order valence-corrected chi connectivity index (χ1v) is 8.13. The smallest absolute Gasteiger partial charge is 0.241 e. The van der Waals surface area contributed by atoms with E-state index in [-0.39, 0.29) is 18.1 Å². The van der Waals surface area contributed by atoms with Crippen molar-refractivity contribution in [1.29, 1.82) is 0 Å². The van der Waals surface area contributed by atoms with Crippen molar-refractivity contribution < 1.29 is 4.79 Å². The molecule has 1 fully saturated rings. The highest BCUT2D eigenvalue weighted by Crippen LogP contribution is 2.21. The number of hydrogen-bond acceptors (Lipinski definition) is 2. The maximum absolute atomic E-state index is 12.7. The molecular weight excluding hydrogens is 260 g/mol. The van der Waals surface area contributed by atoms with Crippen molar-refractivity contribution in [2.75, 3.05) is 6.54 Å². The molecule has 3 nitrogen and oxygen atoms in total. The van der Waals surface area contributed by atoms with Gasteiger partial charge in [0.1, 0.15) is 0 Å². The Kier molecular flexibility index (Phi) is 5.40. The van der Waals surface area contributed by atoms with Gasteiger partial charge in [0, 0.05) is 6.54 Å². The fraction of sp³-hybridized carbons (Fsp3) is 0.611. The number of nitrogens with one attached hydrogen (secondary N) is 1. The Hall–Kier alpha value is -1.35. The van der Waals surface area contributed by atoms with Gasteiger partial charge in [0.2, 0.25) is 5.91 Å². The van der Waals surface area contributed by atoms with Gasteiger partial charge in [0.25, 0.3) is 0 Å². The zero-order valence-electron chi connectivity index (χ0n) is 13.7. The van der Waals surface area contributed by atoms with Gasteiger partial charge in [-0.2, -0.15) is 0 Å². The number of benzene rings is 1. The van der Waals surface area contributed by atoms with Crippen molar-refractivity contribution in [3.05, 3.63) is 35.9 Å². The monoisotopic (exact) mass is 288 g/mol. The van der Waals surface area contributed by atoms with Crippen LogP contribution in [0.25, 0.3) is 0 Å². The first-order valence-electron chi connectivity index (χ1n) is 8.13. The fourth-order valence-electron chi connectivity index (χ4n) is 2.82. The van der Waals surface area contributed by atoms with Gasteiger partial charge in [0.15, 0.2) is 0 Å². The van der Waals surface area contributed by atoms with E-state index >= 15 is 0 Å². The molecule has 3 heteroatoms. The average Bonchev–Trinajstić information content (AvgIpc) is 2.77. The topological polar surface area (TPSA) is 32.3 Å². The zero-order chi connectivity index (χ0) is 15.4. The van der Waals surface area contributed by atoms with Crippen LogP contribution in [0.5, 0.6) is 0 Å². The number of rotatable bonds is 6. The van der Waals surface area contributed by atoms with Gasteiger partial charge in [-0.3, -0.25) is 10.1 Å². The summed E-state index contributed by atoms with van der Waals surface area (Å²) in [5.74, 6) is 1.39. The maximum atomic E-state index is 12.7.